The van der Waals surface area contributed by atoms with Crippen LogP contribution in [0, 0.1) is 0 Å². The molecular weight excluding hydrogens is 249 g/mol. The van der Waals surface area contributed by atoms with Gasteiger partial charge in [0.2, 0.25) is 0 Å². The largest absolute Gasteiger partial charge is 0.411 e. The van der Waals surface area contributed by atoms with Crippen LogP contribution < -0.4 is 16.6 Å². The molecule has 1 amide bonds. The van der Waals surface area contributed by atoms with E-state index in [1.165, 1.54) is 18.3 Å². The van der Waals surface area contributed by atoms with Crippen molar-refractivity contribution in [3.8, 4) is 0 Å². The fraction of sp³-hybridized carbons (Fsp3) is 0.400. The summed E-state index contributed by atoms with van der Waals surface area (Å²) in [6.45, 7) is 0. The molecule has 1 aliphatic carbocycles. The Balaban J connectivity index is 2.08. The molecule has 1 aromatic rings. The summed E-state index contributed by atoms with van der Waals surface area (Å²) < 4.78 is 37.9. The average molecular weight is 260 g/mol. The number of halogens is 3. The second-order valence-electron chi connectivity index (χ2n) is 4.11. The van der Waals surface area contributed by atoms with Crippen molar-refractivity contribution in [2.24, 2.45) is 5.84 Å². The molecule has 0 aliphatic heterocycles. The zero-order valence-electron chi connectivity index (χ0n) is 9.21. The number of nitrogens with zero attached hydrogens (tertiary/aromatic N) is 1. The second-order valence-corrected chi connectivity index (χ2v) is 4.11. The number of rotatable bonds is 3. The molecule has 0 radical (unpaired) electrons. The summed E-state index contributed by atoms with van der Waals surface area (Å²) in [6, 6.07) is 2.76. The molecule has 8 heteroatoms. The fourth-order valence-corrected chi connectivity index (χ4v) is 1.50. The first-order chi connectivity index (χ1) is 8.38. The Labute approximate surface area is 101 Å². The van der Waals surface area contributed by atoms with Crippen molar-refractivity contribution in [2.75, 3.05) is 5.43 Å². The number of carbonyl (C=O) groups excluding carboxylic acids is 1. The smallest absolute Gasteiger partial charge is 0.336 e. The Bertz CT molecular complexity index is 453. The average Bonchev–Trinajstić information content (AvgIpc) is 3.09. The van der Waals surface area contributed by atoms with Gasteiger partial charge >= 0.3 is 6.18 Å². The van der Waals surface area contributed by atoms with E-state index in [9.17, 15) is 18.0 Å². The van der Waals surface area contributed by atoms with Gasteiger partial charge in [0.05, 0.1) is 11.9 Å². The molecule has 1 aromatic heterocycles. The lowest BCUT2D eigenvalue weighted by atomic mass is 10.2. The highest BCUT2D eigenvalue weighted by Crippen LogP contribution is 2.48. The SMILES string of the molecule is NNc1ccc(C(=O)NC2(C(F)(F)F)CC2)nc1. The Morgan fingerprint density at radius 3 is 2.44 bits per heavy atom. The number of amides is 1. The molecule has 1 saturated carbocycles. The maximum atomic E-state index is 12.6. The van der Waals surface area contributed by atoms with E-state index in [4.69, 9.17) is 5.84 Å². The minimum absolute atomic E-state index is 0.0791. The maximum absolute atomic E-state index is 12.6. The van der Waals surface area contributed by atoms with Crippen molar-refractivity contribution in [1.82, 2.24) is 10.3 Å². The van der Waals surface area contributed by atoms with E-state index in [0.29, 0.717) is 5.69 Å². The van der Waals surface area contributed by atoms with E-state index in [1.54, 1.807) is 0 Å². The van der Waals surface area contributed by atoms with Crippen LogP contribution in [0.5, 0.6) is 0 Å². The van der Waals surface area contributed by atoms with Crippen LogP contribution in [0.15, 0.2) is 18.3 Å². The van der Waals surface area contributed by atoms with Gasteiger partial charge in [-0.15, -0.1) is 0 Å². The number of nitrogen functional groups attached to an aromatic ring is 1. The summed E-state index contributed by atoms with van der Waals surface area (Å²) in [5.41, 5.74) is 0.613. The molecule has 0 bridgehead atoms. The first-order valence-electron chi connectivity index (χ1n) is 5.20. The summed E-state index contributed by atoms with van der Waals surface area (Å²) in [4.78, 5) is 15.3. The van der Waals surface area contributed by atoms with Gasteiger partial charge in [-0.3, -0.25) is 10.6 Å². The molecule has 0 spiro atoms. The first kappa shape index (κ1) is 12.6. The third kappa shape index (κ3) is 2.23. The maximum Gasteiger partial charge on any atom is 0.411 e. The van der Waals surface area contributed by atoms with Crippen LogP contribution in [-0.2, 0) is 0 Å². The Morgan fingerprint density at radius 2 is 2.06 bits per heavy atom. The fourth-order valence-electron chi connectivity index (χ4n) is 1.50. The number of hydrazine groups is 1. The lowest BCUT2D eigenvalue weighted by molar-refractivity contribution is -0.163. The van der Waals surface area contributed by atoms with E-state index in [1.807, 2.05) is 5.32 Å². The molecule has 0 aromatic carbocycles. The Hall–Kier alpha value is -1.83. The number of hydrogen-bond acceptors (Lipinski definition) is 4. The summed E-state index contributed by atoms with van der Waals surface area (Å²) in [6.07, 6.45) is -3.35. The van der Waals surface area contributed by atoms with Crippen molar-refractivity contribution >= 4 is 11.6 Å². The molecule has 1 fully saturated rings. The molecule has 0 unspecified atom stereocenters. The quantitative estimate of drug-likeness (QED) is 0.563. The normalized spacial score (nSPS) is 17.1. The van der Waals surface area contributed by atoms with E-state index in [2.05, 4.69) is 10.4 Å². The van der Waals surface area contributed by atoms with Crippen LogP contribution in [0.3, 0.4) is 0 Å². The second kappa shape index (κ2) is 4.13. The highest BCUT2D eigenvalue weighted by atomic mass is 19.4. The minimum atomic E-state index is -4.43. The van der Waals surface area contributed by atoms with Gasteiger partial charge in [0.25, 0.3) is 5.91 Å². The van der Waals surface area contributed by atoms with Crippen molar-refractivity contribution in [1.29, 1.82) is 0 Å². The number of anilines is 1. The highest BCUT2D eigenvalue weighted by molar-refractivity contribution is 5.93. The van der Waals surface area contributed by atoms with Gasteiger partial charge in [0.15, 0.2) is 0 Å². The number of alkyl halides is 3. The van der Waals surface area contributed by atoms with Gasteiger partial charge in [-0.1, -0.05) is 0 Å². The first-order valence-corrected chi connectivity index (χ1v) is 5.20. The number of hydrogen-bond donors (Lipinski definition) is 3. The van der Waals surface area contributed by atoms with E-state index in [-0.39, 0.29) is 18.5 Å². The standard InChI is InChI=1S/C10H11F3N4O/c11-10(12,13)9(3-4-9)16-8(18)7-2-1-6(17-14)5-15-7/h1-2,5,17H,3-4,14H2,(H,16,18). The number of nitrogens with two attached hydrogens (primary N) is 1. The molecular formula is C10H11F3N4O. The van der Waals surface area contributed by atoms with Crippen LogP contribution in [0.4, 0.5) is 18.9 Å². The zero-order valence-corrected chi connectivity index (χ0v) is 9.21. The molecule has 1 aliphatic rings. The monoisotopic (exact) mass is 260 g/mol. The van der Waals surface area contributed by atoms with Crippen LogP contribution >= 0.6 is 0 Å². The molecule has 98 valence electrons. The number of aromatic nitrogens is 1. The molecule has 4 N–H and O–H groups in total. The molecule has 5 nitrogen and oxygen atoms in total. The van der Waals surface area contributed by atoms with Gasteiger partial charge in [-0.25, -0.2) is 4.98 Å². The molecule has 0 atom stereocenters. The van der Waals surface area contributed by atoms with Crippen LogP contribution in [0.1, 0.15) is 23.3 Å². The van der Waals surface area contributed by atoms with Gasteiger partial charge in [0.1, 0.15) is 11.2 Å². The molecule has 2 rings (SSSR count). The third-order valence-electron chi connectivity index (χ3n) is 2.81. The lowest BCUT2D eigenvalue weighted by Gasteiger charge is -2.20. The van der Waals surface area contributed by atoms with Crippen molar-refractivity contribution in [3.05, 3.63) is 24.0 Å². The van der Waals surface area contributed by atoms with Gasteiger partial charge in [0, 0.05) is 0 Å². The lowest BCUT2D eigenvalue weighted by Crippen LogP contribution is -2.48. The van der Waals surface area contributed by atoms with E-state index in [0.717, 1.165) is 0 Å². The van der Waals surface area contributed by atoms with Crippen molar-refractivity contribution in [3.63, 3.8) is 0 Å². The van der Waals surface area contributed by atoms with Gasteiger partial charge in [-0.2, -0.15) is 13.2 Å². The third-order valence-corrected chi connectivity index (χ3v) is 2.81. The topological polar surface area (TPSA) is 80.0 Å². The molecule has 1 heterocycles. The zero-order chi connectivity index (χ0) is 13.4. The van der Waals surface area contributed by atoms with Crippen molar-refractivity contribution < 1.29 is 18.0 Å². The summed E-state index contributed by atoms with van der Waals surface area (Å²) in [7, 11) is 0. The number of pyridine rings is 1. The van der Waals surface area contributed by atoms with Gasteiger partial charge in [-0.05, 0) is 25.0 Å². The Kier molecular flexibility index (Phi) is 2.89. The number of nitrogens with one attached hydrogen (secondary N) is 2. The highest BCUT2D eigenvalue weighted by Gasteiger charge is 2.64. The van der Waals surface area contributed by atoms with E-state index >= 15 is 0 Å². The van der Waals surface area contributed by atoms with Gasteiger partial charge < -0.3 is 10.7 Å². The van der Waals surface area contributed by atoms with Crippen LogP contribution in [0.2, 0.25) is 0 Å². The summed E-state index contributed by atoms with van der Waals surface area (Å²) in [5.74, 6) is 4.27. The predicted molar refractivity (Wildman–Crippen MR) is 57.5 cm³/mol. The van der Waals surface area contributed by atoms with E-state index < -0.39 is 17.6 Å². The molecule has 0 saturated heterocycles. The minimum Gasteiger partial charge on any atom is -0.336 e. The molecule has 18 heavy (non-hydrogen) atoms. The summed E-state index contributed by atoms with van der Waals surface area (Å²) in [5, 5.41) is 1.98. The predicted octanol–water partition coefficient (Wildman–Crippen LogP) is 1.19. The number of carbonyl (C=O) groups is 1. The van der Waals surface area contributed by atoms with Crippen LogP contribution in [-0.4, -0.2) is 22.6 Å². The Morgan fingerprint density at radius 1 is 1.39 bits per heavy atom. The summed E-state index contributed by atoms with van der Waals surface area (Å²) >= 11 is 0. The van der Waals surface area contributed by atoms with Crippen LogP contribution in [0.25, 0.3) is 0 Å². The van der Waals surface area contributed by atoms with Crippen molar-refractivity contribution in [2.45, 2.75) is 24.6 Å².